The average molecular weight is 295 g/mol. The Labute approximate surface area is 133 Å². The first-order valence-corrected chi connectivity index (χ1v) is 7.68. The Morgan fingerprint density at radius 1 is 1.14 bits per heavy atom. The number of allylic oxidation sites excluding steroid dienone is 1. The van der Waals surface area contributed by atoms with E-state index >= 15 is 0 Å². The molecule has 116 valence electrons. The van der Waals surface area contributed by atoms with Crippen LogP contribution in [0.3, 0.4) is 0 Å². The maximum atomic E-state index is 9.80. The number of likely N-dealkylation sites (N-methyl/N-ethyl adjacent to an activating group) is 1. The van der Waals surface area contributed by atoms with Crippen molar-refractivity contribution in [2.75, 3.05) is 20.6 Å². The topological polar surface area (TPSA) is 23.5 Å². The van der Waals surface area contributed by atoms with Crippen molar-refractivity contribution in [2.24, 2.45) is 0 Å². The van der Waals surface area contributed by atoms with E-state index in [1.165, 1.54) is 16.7 Å². The Morgan fingerprint density at radius 2 is 1.86 bits per heavy atom. The van der Waals surface area contributed by atoms with Crippen molar-refractivity contribution in [1.29, 1.82) is 0 Å². The van der Waals surface area contributed by atoms with Gasteiger partial charge in [-0.1, -0.05) is 48.0 Å². The highest BCUT2D eigenvalue weighted by Gasteiger charge is 2.19. The molecule has 0 aromatic heterocycles. The molecule has 0 fully saturated rings. The standard InChI is InChI=1S/C20H25NO/c1-5-19(17-10-7-11-18(22)13-17)20(14-21(3)4)16-9-6-8-15(2)12-16/h5-13,20,22H,14H2,1-4H3/b19-5-. The monoisotopic (exact) mass is 295 g/mol. The number of phenols is 1. The summed E-state index contributed by atoms with van der Waals surface area (Å²) in [6, 6.07) is 16.2. The van der Waals surface area contributed by atoms with Crippen molar-refractivity contribution in [2.45, 2.75) is 19.8 Å². The van der Waals surface area contributed by atoms with E-state index in [4.69, 9.17) is 0 Å². The predicted octanol–water partition coefficient (Wildman–Crippen LogP) is 4.45. The molecule has 0 aliphatic heterocycles. The van der Waals surface area contributed by atoms with Crippen LogP contribution in [0.5, 0.6) is 5.75 Å². The van der Waals surface area contributed by atoms with Gasteiger partial charge in [-0.3, -0.25) is 0 Å². The van der Waals surface area contributed by atoms with Gasteiger partial charge in [0.1, 0.15) is 5.75 Å². The van der Waals surface area contributed by atoms with Crippen molar-refractivity contribution >= 4 is 5.57 Å². The lowest BCUT2D eigenvalue weighted by Crippen LogP contribution is -2.21. The van der Waals surface area contributed by atoms with Crippen LogP contribution in [-0.4, -0.2) is 30.6 Å². The molecule has 0 saturated carbocycles. The third-order valence-electron chi connectivity index (χ3n) is 3.86. The van der Waals surface area contributed by atoms with Crippen LogP contribution in [0.1, 0.15) is 29.5 Å². The van der Waals surface area contributed by atoms with Crippen molar-refractivity contribution in [3.63, 3.8) is 0 Å². The fraction of sp³-hybridized carbons (Fsp3) is 0.300. The molecule has 1 unspecified atom stereocenters. The molecule has 1 N–H and O–H groups in total. The minimum absolute atomic E-state index is 0.279. The summed E-state index contributed by atoms with van der Waals surface area (Å²) in [4.78, 5) is 2.21. The second-order valence-corrected chi connectivity index (χ2v) is 6.02. The summed E-state index contributed by atoms with van der Waals surface area (Å²) in [5.74, 6) is 0.589. The van der Waals surface area contributed by atoms with Crippen LogP contribution in [-0.2, 0) is 0 Å². The molecule has 2 aromatic rings. The van der Waals surface area contributed by atoms with Crippen LogP contribution in [0, 0.1) is 6.92 Å². The van der Waals surface area contributed by atoms with Gasteiger partial charge in [0, 0.05) is 12.5 Å². The summed E-state index contributed by atoms with van der Waals surface area (Å²) in [7, 11) is 4.19. The van der Waals surface area contributed by atoms with Crippen molar-refractivity contribution < 1.29 is 5.11 Å². The second kappa shape index (κ2) is 7.28. The van der Waals surface area contributed by atoms with E-state index in [0.29, 0.717) is 5.75 Å². The number of hydrogen-bond donors (Lipinski definition) is 1. The van der Waals surface area contributed by atoms with Crippen LogP contribution in [0.25, 0.3) is 5.57 Å². The first kappa shape index (κ1) is 16.3. The van der Waals surface area contributed by atoms with E-state index in [1.807, 2.05) is 12.1 Å². The summed E-state index contributed by atoms with van der Waals surface area (Å²) in [6.07, 6.45) is 2.16. The zero-order chi connectivity index (χ0) is 16.1. The van der Waals surface area contributed by atoms with Gasteiger partial charge in [0.25, 0.3) is 0 Å². The van der Waals surface area contributed by atoms with E-state index in [9.17, 15) is 5.11 Å². The molecule has 2 nitrogen and oxygen atoms in total. The largest absolute Gasteiger partial charge is 0.508 e. The molecule has 1 atom stereocenters. The highest BCUT2D eigenvalue weighted by Crippen LogP contribution is 2.34. The molecule has 0 aliphatic rings. The smallest absolute Gasteiger partial charge is 0.116 e. The maximum absolute atomic E-state index is 9.80. The first-order chi connectivity index (χ1) is 10.5. The van der Waals surface area contributed by atoms with E-state index < -0.39 is 0 Å². The van der Waals surface area contributed by atoms with Crippen LogP contribution in [0.2, 0.25) is 0 Å². The molecule has 0 radical (unpaired) electrons. The van der Waals surface area contributed by atoms with Gasteiger partial charge in [-0.2, -0.15) is 0 Å². The molecule has 0 saturated heterocycles. The first-order valence-electron chi connectivity index (χ1n) is 7.68. The van der Waals surface area contributed by atoms with Gasteiger partial charge >= 0.3 is 0 Å². The summed E-state index contributed by atoms with van der Waals surface area (Å²) in [6.45, 7) is 5.12. The van der Waals surface area contributed by atoms with Crippen LogP contribution in [0.4, 0.5) is 0 Å². The quantitative estimate of drug-likeness (QED) is 0.881. The molecule has 0 spiro atoms. The van der Waals surface area contributed by atoms with E-state index in [0.717, 1.165) is 12.1 Å². The summed E-state index contributed by atoms with van der Waals surface area (Å²) in [5, 5.41) is 9.80. The normalized spacial score (nSPS) is 13.4. The lowest BCUT2D eigenvalue weighted by atomic mass is 9.85. The number of rotatable bonds is 5. The average Bonchev–Trinajstić information content (AvgIpc) is 2.47. The molecule has 0 heterocycles. The SMILES string of the molecule is C/C=C(/c1cccc(O)c1)C(CN(C)C)c1cccc(C)c1. The highest BCUT2D eigenvalue weighted by atomic mass is 16.3. The molecule has 22 heavy (non-hydrogen) atoms. The number of aryl methyl sites for hydroxylation is 1. The number of benzene rings is 2. The van der Waals surface area contributed by atoms with Crippen LogP contribution in [0.15, 0.2) is 54.6 Å². The fourth-order valence-electron chi connectivity index (χ4n) is 2.89. The Kier molecular flexibility index (Phi) is 5.40. The number of hydrogen-bond acceptors (Lipinski definition) is 2. The third kappa shape index (κ3) is 3.99. The molecule has 0 bridgehead atoms. The minimum Gasteiger partial charge on any atom is -0.508 e. The summed E-state index contributed by atoms with van der Waals surface area (Å²) in [5.41, 5.74) is 4.91. The van der Waals surface area contributed by atoms with Crippen molar-refractivity contribution in [3.8, 4) is 5.75 Å². The maximum Gasteiger partial charge on any atom is 0.116 e. The number of nitrogens with zero attached hydrogens (tertiary/aromatic N) is 1. The molecule has 0 amide bonds. The second-order valence-electron chi connectivity index (χ2n) is 6.02. The van der Waals surface area contributed by atoms with E-state index in [1.54, 1.807) is 6.07 Å². The summed E-state index contributed by atoms with van der Waals surface area (Å²) >= 11 is 0. The molecule has 0 aliphatic carbocycles. The molecule has 2 aromatic carbocycles. The summed E-state index contributed by atoms with van der Waals surface area (Å²) < 4.78 is 0. The van der Waals surface area contributed by atoms with Gasteiger partial charge in [-0.25, -0.2) is 0 Å². The van der Waals surface area contributed by atoms with E-state index in [-0.39, 0.29) is 5.92 Å². The van der Waals surface area contributed by atoms with Crippen molar-refractivity contribution in [3.05, 3.63) is 71.3 Å². The molecule has 2 rings (SSSR count). The number of phenolic OH excluding ortho intramolecular Hbond substituents is 1. The molecular weight excluding hydrogens is 270 g/mol. The van der Waals surface area contributed by atoms with Gasteiger partial charge in [-0.15, -0.1) is 0 Å². The third-order valence-corrected chi connectivity index (χ3v) is 3.86. The Balaban J connectivity index is 2.47. The number of aromatic hydroxyl groups is 1. The fourth-order valence-corrected chi connectivity index (χ4v) is 2.89. The minimum atomic E-state index is 0.279. The van der Waals surface area contributed by atoms with Gasteiger partial charge in [0.15, 0.2) is 0 Å². The Morgan fingerprint density at radius 3 is 2.45 bits per heavy atom. The lowest BCUT2D eigenvalue weighted by Gasteiger charge is -2.25. The highest BCUT2D eigenvalue weighted by molar-refractivity contribution is 5.72. The van der Waals surface area contributed by atoms with Gasteiger partial charge < -0.3 is 10.0 Å². The lowest BCUT2D eigenvalue weighted by molar-refractivity contribution is 0.399. The predicted molar refractivity (Wildman–Crippen MR) is 94.2 cm³/mol. The van der Waals surface area contributed by atoms with Crippen molar-refractivity contribution in [1.82, 2.24) is 4.90 Å². The molecule has 2 heteroatoms. The van der Waals surface area contributed by atoms with Crippen LogP contribution < -0.4 is 0 Å². The Hall–Kier alpha value is -2.06. The Bertz CT molecular complexity index is 658. The zero-order valence-electron chi connectivity index (χ0n) is 13.9. The van der Waals surface area contributed by atoms with Gasteiger partial charge in [-0.05, 0) is 56.8 Å². The van der Waals surface area contributed by atoms with Gasteiger partial charge in [0.05, 0.1) is 0 Å². The zero-order valence-corrected chi connectivity index (χ0v) is 13.9. The molecular formula is C20H25NO. The van der Waals surface area contributed by atoms with Gasteiger partial charge in [0.2, 0.25) is 0 Å². The van der Waals surface area contributed by atoms with Crippen LogP contribution >= 0.6 is 0 Å². The van der Waals surface area contributed by atoms with E-state index in [2.05, 4.69) is 69.3 Å².